The Labute approximate surface area is 169 Å². The van der Waals surface area contributed by atoms with Crippen LogP contribution in [0.15, 0.2) is 54.6 Å². The van der Waals surface area contributed by atoms with E-state index in [9.17, 15) is 14.4 Å². The van der Waals surface area contributed by atoms with Gasteiger partial charge in [0, 0.05) is 18.4 Å². The minimum atomic E-state index is -0.246. The number of hydrogen-bond donors (Lipinski definition) is 1. The van der Waals surface area contributed by atoms with Crippen LogP contribution in [0.3, 0.4) is 0 Å². The summed E-state index contributed by atoms with van der Waals surface area (Å²) in [6, 6.07) is 13.8. The lowest BCUT2D eigenvalue weighted by Crippen LogP contribution is -2.36. The van der Waals surface area contributed by atoms with Crippen LogP contribution >= 0.6 is 0 Å². The second-order valence-electron chi connectivity index (χ2n) is 7.41. The van der Waals surface area contributed by atoms with Crippen molar-refractivity contribution in [3.63, 3.8) is 0 Å². The standard InChI is InChI=1S/C23H24N2O4/c26-21(12-14-25-22(27)18-9-3-4-10-19(18)23(25)28)24-13-15-29-20-11-5-7-16-6-1-2-8-17(16)20/h1-8,11,18-19H,9-10,12-15H2,(H,24,26)/t18-,19+. The largest absolute Gasteiger partial charge is 0.491 e. The Bertz CT molecular complexity index is 937. The number of allylic oxidation sites excluding steroid dienone is 2. The first-order valence-corrected chi connectivity index (χ1v) is 10.0. The van der Waals surface area contributed by atoms with E-state index in [0.717, 1.165) is 16.5 Å². The second kappa shape index (κ2) is 8.47. The van der Waals surface area contributed by atoms with E-state index in [2.05, 4.69) is 5.32 Å². The lowest BCUT2D eigenvalue weighted by Gasteiger charge is -2.14. The molecule has 6 nitrogen and oxygen atoms in total. The lowest BCUT2D eigenvalue weighted by molar-refractivity contribution is -0.140. The summed E-state index contributed by atoms with van der Waals surface area (Å²) < 4.78 is 5.81. The molecule has 0 saturated carbocycles. The van der Waals surface area contributed by atoms with Crippen molar-refractivity contribution >= 4 is 28.5 Å². The molecule has 1 aliphatic carbocycles. The molecular weight excluding hydrogens is 368 g/mol. The highest BCUT2D eigenvalue weighted by Crippen LogP contribution is 2.35. The van der Waals surface area contributed by atoms with Crippen molar-refractivity contribution in [2.75, 3.05) is 19.7 Å². The number of imide groups is 1. The predicted octanol–water partition coefficient (Wildman–Crippen LogP) is 2.68. The van der Waals surface area contributed by atoms with Crippen molar-refractivity contribution in [2.45, 2.75) is 19.3 Å². The van der Waals surface area contributed by atoms with Crippen molar-refractivity contribution < 1.29 is 19.1 Å². The minimum absolute atomic E-state index is 0.110. The summed E-state index contributed by atoms with van der Waals surface area (Å²) in [6.07, 6.45) is 5.25. The fourth-order valence-corrected chi connectivity index (χ4v) is 4.06. The van der Waals surface area contributed by atoms with Crippen molar-refractivity contribution in [3.8, 4) is 5.75 Å². The highest BCUT2D eigenvalue weighted by atomic mass is 16.5. The van der Waals surface area contributed by atoms with Gasteiger partial charge in [-0.1, -0.05) is 48.6 Å². The molecule has 0 spiro atoms. The number of carbonyl (C=O) groups excluding carboxylic acids is 3. The third kappa shape index (κ3) is 4.01. The molecule has 2 aromatic carbocycles. The van der Waals surface area contributed by atoms with Gasteiger partial charge >= 0.3 is 0 Å². The Hall–Kier alpha value is -3.15. The molecule has 2 aromatic rings. The highest BCUT2D eigenvalue weighted by Gasteiger charge is 2.46. The van der Waals surface area contributed by atoms with Crippen LogP contribution in [-0.4, -0.2) is 42.3 Å². The Morgan fingerprint density at radius 1 is 1.00 bits per heavy atom. The maximum Gasteiger partial charge on any atom is 0.233 e. The highest BCUT2D eigenvalue weighted by molar-refractivity contribution is 6.05. The van der Waals surface area contributed by atoms with Gasteiger partial charge in [-0.2, -0.15) is 0 Å². The number of nitrogens with zero attached hydrogens (tertiary/aromatic N) is 1. The maximum atomic E-state index is 12.4. The first-order valence-electron chi connectivity index (χ1n) is 10.0. The van der Waals surface area contributed by atoms with Gasteiger partial charge in [0.15, 0.2) is 0 Å². The van der Waals surface area contributed by atoms with E-state index in [1.807, 2.05) is 54.6 Å². The van der Waals surface area contributed by atoms with Crippen LogP contribution in [0.1, 0.15) is 19.3 Å². The molecule has 1 saturated heterocycles. The summed E-state index contributed by atoms with van der Waals surface area (Å²) in [6.45, 7) is 0.844. The summed E-state index contributed by atoms with van der Waals surface area (Å²) in [4.78, 5) is 38.2. The number of nitrogens with one attached hydrogen (secondary N) is 1. The lowest BCUT2D eigenvalue weighted by atomic mass is 9.85. The molecule has 3 amide bonds. The van der Waals surface area contributed by atoms with Crippen LogP contribution in [0.5, 0.6) is 5.75 Å². The third-order valence-corrected chi connectivity index (χ3v) is 5.59. The Kier molecular flexibility index (Phi) is 5.60. The van der Waals surface area contributed by atoms with Gasteiger partial charge in [0.25, 0.3) is 0 Å². The molecular formula is C23H24N2O4. The number of amides is 3. The summed E-state index contributed by atoms with van der Waals surface area (Å²) in [5, 5.41) is 4.92. The van der Waals surface area contributed by atoms with Gasteiger partial charge in [-0.25, -0.2) is 0 Å². The van der Waals surface area contributed by atoms with E-state index in [4.69, 9.17) is 4.74 Å². The summed E-state index contributed by atoms with van der Waals surface area (Å²) >= 11 is 0. The van der Waals surface area contributed by atoms with Crippen LogP contribution in [-0.2, 0) is 14.4 Å². The van der Waals surface area contributed by atoms with E-state index in [0.29, 0.717) is 26.0 Å². The van der Waals surface area contributed by atoms with Gasteiger partial charge in [-0.15, -0.1) is 0 Å². The van der Waals surface area contributed by atoms with E-state index in [1.54, 1.807) is 0 Å². The first-order chi connectivity index (χ1) is 14.1. The summed E-state index contributed by atoms with van der Waals surface area (Å²) in [7, 11) is 0. The molecule has 2 atom stereocenters. The number of likely N-dealkylation sites (tertiary alicyclic amines) is 1. The topological polar surface area (TPSA) is 75.7 Å². The molecule has 0 radical (unpaired) electrons. The van der Waals surface area contributed by atoms with Crippen LogP contribution in [0.2, 0.25) is 0 Å². The molecule has 1 aliphatic heterocycles. The maximum absolute atomic E-state index is 12.4. The number of carbonyl (C=O) groups is 3. The first kappa shape index (κ1) is 19.2. The zero-order valence-electron chi connectivity index (χ0n) is 16.2. The van der Waals surface area contributed by atoms with E-state index < -0.39 is 0 Å². The normalized spacial score (nSPS) is 20.8. The van der Waals surface area contributed by atoms with E-state index >= 15 is 0 Å². The van der Waals surface area contributed by atoms with Gasteiger partial charge < -0.3 is 10.1 Å². The molecule has 2 aliphatic rings. The minimum Gasteiger partial charge on any atom is -0.491 e. The van der Waals surface area contributed by atoms with Gasteiger partial charge in [-0.05, 0) is 24.3 Å². The fraction of sp³-hybridized carbons (Fsp3) is 0.348. The molecule has 1 N–H and O–H groups in total. The molecule has 4 rings (SSSR count). The number of benzene rings is 2. The molecule has 1 heterocycles. The average molecular weight is 392 g/mol. The van der Waals surface area contributed by atoms with Gasteiger partial charge in [0.1, 0.15) is 12.4 Å². The zero-order chi connectivity index (χ0) is 20.2. The van der Waals surface area contributed by atoms with Gasteiger partial charge in [0.2, 0.25) is 17.7 Å². The third-order valence-electron chi connectivity index (χ3n) is 5.59. The van der Waals surface area contributed by atoms with Crippen LogP contribution in [0.25, 0.3) is 10.8 Å². The average Bonchev–Trinajstić information content (AvgIpc) is 3.00. The predicted molar refractivity (Wildman–Crippen MR) is 109 cm³/mol. The fourth-order valence-electron chi connectivity index (χ4n) is 4.06. The Morgan fingerprint density at radius 2 is 1.69 bits per heavy atom. The van der Waals surface area contributed by atoms with Crippen molar-refractivity contribution in [3.05, 3.63) is 54.6 Å². The molecule has 6 heteroatoms. The van der Waals surface area contributed by atoms with E-state index in [1.165, 1.54) is 4.90 Å². The van der Waals surface area contributed by atoms with E-state index in [-0.39, 0.29) is 42.5 Å². The SMILES string of the molecule is O=C(CCN1C(=O)[C@H]2CC=CC[C@H]2C1=O)NCCOc1cccc2ccccc12. The molecule has 0 aromatic heterocycles. The van der Waals surface area contributed by atoms with Crippen molar-refractivity contribution in [2.24, 2.45) is 11.8 Å². The van der Waals surface area contributed by atoms with Crippen LogP contribution in [0, 0.1) is 11.8 Å². The number of fused-ring (bicyclic) bond motifs is 2. The zero-order valence-corrected chi connectivity index (χ0v) is 16.2. The molecule has 29 heavy (non-hydrogen) atoms. The molecule has 0 unspecified atom stereocenters. The van der Waals surface area contributed by atoms with Crippen LogP contribution < -0.4 is 10.1 Å². The smallest absolute Gasteiger partial charge is 0.233 e. The molecule has 150 valence electrons. The van der Waals surface area contributed by atoms with Crippen molar-refractivity contribution in [1.82, 2.24) is 10.2 Å². The Balaban J connectivity index is 1.22. The quantitative estimate of drug-likeness (QED) is 0.447. The van der Waals surface area contributed by atoms with Crippen LogP contribution in [0.4, 0.5) is 0 Å². The summed E-state index contributed by atoms with van der Waals surface area (Å²) in [5.41, 5.74) is 0. The molecule has 0 bridgehead atoms. The summed E-state index contributed by atoms with van der Waals surface area (Å²) in [5.74, 6) is -0.191. The van der Waals surface area contributed by atoms with Crippen molar-refractivity contribution in [1.29, 1.82) is 0 Å². The monoisotopic (exact) mass is 392 g/mol. The number of hydrogen-bond acceptors (Lipinski definition) is 4. The second-order valence-corrected chi connectivity index (χ2v) is 7.41. The van der Waals surface area contributed by atoms with Gasteiger partial charge in [0.05, 0.1) is 18.4 Å². The number of rotatable bonds is 7. The van der Waals surface area contributed by atoms with Gasteiger partial charge in [-0.3, -0.25) is 19.3 Å². The molecule has 1 fully saturated rings. The number of ether oxygens (including phenoxy) is 1. The Morgan fingerprint density at radius 3 is 2.45 bits per heavy atom.